The van der Waals surface area contributed by atoms with Crippen molar-refractivity contribution in [2.45, 2.75) is 51.2 Å². The second kappa shape index (κ2) is 4.81. The summed E-state index contributed by atoms with van der Waals surface area (Å²) in [5.74, 6) is 0.0264. The van der Waals surface area contributed by atoms with E-state index in [1.54, 1.807) is 14.2 Å². The van der Waals surface area contributed by atoms with Crippen LogP contribution in [-0.2, 0) is 14.3 Å². The third-order valence-corrected chi connectivity index (χ3v) is 5.52. The van der Waals surface area contributed by atoms with Crippen molar-refractivity contribution in [1.82, 2.24) is 0 Å². The lowest BCUT2D eigenvalue weighted by molar-refractivity contribution is -0.171. The van der Waals surface area contributed by atoms with Gasteiger partial charge in [-0.2, -0.15) is 0 Å². The molecule has 0 saturated heterocycles. The molecule has 1 saturated carbocycles. The van der Waals surface area contributed by atoms with Gasteiger partial charge in [0.25, 0.3) is 0 Å². The Morgan fingerprint density at radius 2 is 2.00 bits per heavy atom. The van der Waals surface area contributed by atoms with E-state index < -0.39 is 5.79 Å². The molecule has 110 valence electrons. The van der Waals surface area contributed by atoms with Gasteiger partial charge in [0, 0.05) is 26.6 Å². The fourth-order valence-corrected chi connectivity index (χ4v) is 4.23. The Balaban J connectivity index is 2.03. The van der Waals surface area contributed by atoms with Gasteiger partial charge < -0.3 is 9.47 Å². The lowest BCUT2D eigenvalue weighted by atomic mass is 9.63. The first-order valence-electron chi connectivity index (χ1n) is 7.61. The van der Waals surface area contributed by atoms with E-state index in [2.05, 4.69) is 13.0 Å². The van der Waals surface area contributed by atoms with Crippen molar-refractivity contribution in [1.29, 1.82) is 0 Å². The minimum absolute atomic E-state index is 0.208. The molecule has 0 amide bonds. The van der Waals surface area contributed by atoms with Crippen molar-refractivity contribution in [2.75, 3.05) is 14.2 Å². The normalized spacial score (nSPS) is 35.8. The molecule has 0 heterocycles. The van der Waals surface area contributed by atoms with E-state index in [1.807, 2.05) is 6.08 Å². The van der Waals surface area contributed by atoms with Gasteiger partial charge in [-0.25, -0.2) is 0 Å². The predicted octanol–water partition coefficient (Wildman–Crippen LogP) is 3.40. The number of rotatable bonds is 2. The van der Waals surface area contributed by atoms with Crippen molar-refractivity contribution in [3.8, 4) is 0 Å². The topological polar surface area (TPSA) is 35.5 Å². The molecule has 20 heavy (non-hydrogen) atoms. The minimum Gasteiger partial charge on any atom is -0.349 e. The van der Waals surface area contributed by atoms with Crippen LogP contribution in [0.1, 0.15) is 45.4 Å². The molecule has 0 N–H and O–H groups in total. The maximum atomic E-state index is 12.8. The summed E-state index contributed by atoms with van der Waals surface area (Å²) in [6.45, 7) is 2.14. The molecule has 3 rings (SSSR count). The molecule has 2 unspecified atom stereocenters. The summed E-state index contributed by atoms with van der Waals surface area (Å²) in [6, 6.07) is 0. The lowest BCUT2D eigenvalue weighted by Crippen LogP contribution is -2.42. The van der Waals surface area contributed by atoms with E-state index in [0.29, 0.717) is 5.78 Å². The highest BCUT2D eigenvalue weighted by Gasteiger charge is 2.48. The summed E-state index contributed by atoms with van der Waals surface area (Å²) in [4.78, 5) is 12.8. The molecule has 0 aromatic heterocycles. The number of methoxy groups -OCH3 is 2. The molecule has 0 aromatic rings. The van der Waals surface area contributed by atoms with Crippen LogP contribution in [0.4, 0.5) is 0 Å². The minimum atomic E-state index is -0.640. The second-order valence-electron chi connectivity index (χ2n) is 6.59. The van der Waals surface area contributed by atoms with Crippen molar-refractivity contribution in [3.63, 3.8) is 0 Å². The Morgan fingerprint density at radius 3 is 2.70 bits per heavy atom. The van der Waals surface area contributed by atoms with Gasteiger partial charge in [0.1, 0.15) is 5.78 Å². The van der Waals surface area contributed by atoms with Crippen LogP contribution < -0.4 is 0 Å². The van der Waals surface area contributed by atoms with Gasteiger partial charge in [-0.05, 0) is 37.8 Å². The van der Waals surface area contributed by atoms with Crippen LogP contribution >= 0.6 is 0 Å². The third kappa shape index (κ3) is 1.91. The molecule has 0 spiro atoms. The fraction of sp³-hybridized carbons (Fsp3) is 0.706. The summed E-state index contributed by atoms with van der Waals surface area (Å²) in [5, 5.41) is 0. The van der Waals surface area contributed by atoms with Gasteiger partial charge in [-0.3, -0.25) is 4.79 Å². The van der Waals surface area contributed by atoms with Crippen molar-refractivity contribution in [3.05, 3.63) is 23.3 Å². The zero-order chi connectivity index (χ0) is 14.4. The predicted molar refractivity (Wildman–Crippen MR) is 77.2 cm³/mol. The maximum absolute atomic E-state index is 12.8. The van der Waals surface area contributed by atoms with Crippen LogP contribution in [0.2, 0.25) is 0 Å². The van der Waals surface area contributed by atoms with Gasteiger partial charge in [-0.15, -0.1) is 0 Å². The van der Waals surface area contributed by atoms with Crippen LogP contribution in [0.3, 0.4) is 0 Å². The standard InChI is InChI=1S/C17H24O3/c1-16-8-5-4-6-12(15(16)18)10-13-11-17(19-2,20-3)9-7-14(13)16/h7,9,12H,4-6,8,10-11H2,1-3H3. The van der Waals surface area contributed by atoms with E-state index in [1.165, 1.54) is 17.6 Å². The van der Waals surface area contributed by atoms with Gasteiger partial charge in [0.05, 0.1) is 5.41 Å². The molecule has 0 aliphatic heterocycles. The molecule has 0 radical (unpaired) electrons. The highest BCUT2D eigenvalue weighted by atomic mass is 16.7. The van der Waals surface area contributed by atoms with Gasteiger partial charge in [0.15, 0.2) is 5.79 Å². The SMILES string of the molecule is COC1(OC)C=CC2=C(CC3CCCCC2(C)C3=O)C1. The molecule has 1 fully saturated rings. The quantitative estimate of drug-likeness (QED) is 0.725. The van der Waals surface area contributed by atoms with Crippen LogP contribution in [-0.4, -0.2) is 25.8 Å². The number of ketones is 1. The van der Waals surface area contributed by atoms with E-state index >= 15 is 0 Å². The van der Waals surface area contributed by atoms with Gasteiger partial charge in [0.2, 0.25) is 0 Å². The number of fused-ring (bicyclic) bond motifs is 3. The average Bonchev–Trinajstić information content (AvgIpc) is 2.57. The summed E-state index contributed by atoms with van der Waals surface area (Å²) >= 11 is 0. The maximum Gasteiger partial charge on any atom is 0.191 e. The van der Waals surface area contributed by atoms with Crippen LogP contribution in [0.5, 0.6) is 0 Å². The van der Waals surface area contributed by atoms with E-state index in [0.717, 1.165) is 32.1 Å². The first-order valence-corrected chi connectivity index (χ1v) is 7.61. The van der Waals surface area contributed by atoms with Crippen molar-refractivity contribution in [2.24, 2.45) is 11.3 Å². The van der Waals surface area contributed by atoms with E-state index in [-0.39, 0.29) is 11.3 Å². The number of hydrogen-bond acceptors (Lipinski definition) is 3. The first-order chi connectivity index (χ1) is 9.54. The van der Waals surface area contributed by atoms with Crippen molar-refractivity contribution < 1.29 is 14.3 Å². The largest absolute Gasteiger partial charge is 0.349 e. The summed E-state index contributed by atoms with van der Waals surface area (Å²) < 4.78 is 11.1. The monoisotopic (exact) mass is 276 g/mol. The highest BCUT2D eigenvalue weighted by molar-refractivity contribution is 5.92. The number of carbonyl (C=O) groups is 1. The lowest BCUT2D eigenvalue weighted by Gasteiger charge is -2.43. The zero-order valence-corrected chi connectivity index (χ0v) is 12.7. The summed E-state index contributed by atoms with van der Waals surface area (Å²) in [6.07, 6.45) is 10.1. The number of Topliss-reactive ketones (excluding diaryl/α,β-unsaturated/α-hetero) is 1. The molecule has 2 atom stereocenters. The summed E-state index contributed by atoms with van der Waals surface area (Å²) in [7, 11) is 3.37. The Kier molecular flexibility index (Phi) is 3.38. The molecule has 3 nitrogen and oxygen atoms in total. The van der Waals surface area contributed by atoms with Gasteiger partial charge in [-0.1, -0.05) is 24.5 Å². The third-order valence-electron chi connectivity index (χ3n) is 5.52. The Labute approximate surface area is 121 Å². The fourth-order valence-electron chi connectivity index (χ4n) is 4.23. The van der Waals surface area contributed by atoms with Gasteiger partial charge >= 0.3 is 0 Å². The number of allylic oxidation sites excluding steroid dienone is 2. The molecule has 0 aromatic carbocycles. The molecule has 2 bridgehead atoms. The Morgan fingerprint density at radius 1 is 1.25 bits per heavy atom. The first kappa shape index (κ1) is 14.0. The Hall–Kier alpha value is -0.930. The van der Waals surface area contributed by atoms with E-state index in [4.69, 9.17) is 9.47 Å². The van der Waals surface area contributed by atoms with Crippen LogP contribution in [0, 0.1) is 11.3 Å². The molecule has 3 heteroatoms. The smallest absolute Gasteiger partial charge is 0.191 e. The second-order valence-corrected chi connectivity index (χ2v) is 6.59. The van der Waals surface area contributed by atoms with E-state index in [9.17, 15) is 4.79 Å². The Bertz CT molecular complexity index is 484. The zero-order valence-electron chi connectivity index (χ0n) is 12.7. The molecular formula is C17H24O3. The number of carbonyl (C=O) groups excluding carboxylic acids is 1. The molecule has 3 aliphatic carbocycles. The van der Waals surface area contributed by atoms with Crippen LogP contribution in [0.25, 0.3) is 0 Å². The van der Waals surface area contributed by atoms with Crippen LogP contribution in [0.15, 0.2) is 23.3 Å². The molecule has 3 aliphatic rings. The summed E-state index contributed by atoms with van der Waals surface area (Å²) in [5.41, 5.74) is 2.33. The average molecular weight is 276 g/mol. The number of ether oxygens (including phenoxy) is 2. The molecular weight excluding hydrogens is 252 g/mol. The van der Waals surface area contributed by atoms with Crippen molar-refractivity contribution >= 4 is 5.78 Å². The number of hydrogen-bond donors (Lipinski definition) is 0. The highest BCUT2D eigenvalue weighted by Crippen LogP contribution is 2.51.